The second kappa shape index (κ2) is 7.12. The first-order chi connectivity index (χ1) is 9.24. The minimum Gasteiger partial charge on any atom is -0.372 e. The summed E-state index contributed by atoms with van der Waals surface area (Å²) in [6, 6.07) is 7.37. The summed E-state index contributed by atoms with van der Waals surface area (Å²) in [5.41, 5.74) is 4.23. The van der Waals surface area contributed by atoms with E-state index in [4.69, 9.17) is 0 Å². The van der Waals surface area contributed by atoms with Crippen molar-refractivity contribution in [2.24, 2.45) is 0 Å². The SMILES string of the molecule is CCCC(C)N(C)c1ccc(C)cc1CNC(C)(C)C. The summed E-state index contributed by atoms with van der Waals surface area (Å²) in [7, 11) is 2.21. The molecule has 1 aromatic rings. The Labute approximate surface area is 125 Å². The third-order valence-corrected chi connectivity index (χ3v) is 3.79. The Bertz CT molecular complexity index is 418. The van der Waals surface area contributed by atoms with Crippen molar-refractivity contribution in [2.45, 2.75) is 72.5 Å². The number of anilines is 1. The van der Waals surface area contributed by atoms with Crippen LogP contribution in [0.4, 0.5) is 5.69 Å². The van der Waals surface area contributed by atoms with E-state index in [2.05, 4.69) is 77.0 Å². The summed E-state index contributed by atoms with van der Waals surface area (Å²) in [6.07, 6.45) is 2.46. The molecule has 0 bridgehead atoms. The number of hydrogen-bond donors (Lipinski definition) is 1. The van der Waals surface area contributed by atoms with Crippen molar-refractivity contribution in [1.82, 2.24) is 5.32 Å². The van der Waals surface area contributed by atoms with Gasteiger partial charge in [0.25, 0.3) is 0 Å². The summed E-state index contributed by atoms with van der Waals surface area (Å²) in [6.45, 7) is 14.3. The molecule has 0 saturated heterocycles. The largest absolute Gasteiger partial charge is 0.372 e. The van der Waals surface area contributed by atoms with Gasteiger partial charge in [-0.25, -0.2) is 0 Å². The zero-order chi connectivity index (χ0) is 15.3. The molecule has 0 fully saturated rings. The first-order valence-electron chi connectivity index (χ1n) is 7.82. The van der Waals surface area contributed by atoms with Crippen LogP contribution in [-0.4, -0.2) is 18.6 Å². The van der Waals surface area contributed by atoms with Gasteiger partial charge in [-0.3, -0.25) is 0 Å². The number of hydrogen-bond acceptors (Lipinski definition) is 2. The smallest absolute Gasteiger partial charge is 0.0411 e. The molecule has 2 heteroatoms. The van der Waals surface area contributed by atoms with Crippen molar-refractivity contribution < 1.29 is 0 Å². The van der Waals surface area contributed by atoms with Crippen LogP contribution in [0.25, 0.3) is 0 Å². The molecule has 0 aliphatic carbocycles. The van der Waals surface area contributed by atoms with Gasteiger partial charge in [0.15, 0.2) is 0 Å². The Balaban J connectivity index is 2.94. The standard InChI is InChI=1S/C18H32N2/c1-8-9-15(3)20(7)17-11-10-14(2)12-16(17)13-19-18(4,5)6/h10-12,15,19H,8-9,13H2,1-7H3. The fraction of sp³-hybridized carbons (Fsp3) is 0.667. The lowest BCUT2D eigenvalue weighted by molar-refractivity contribution is 0.424. The minimum absolute atomic E-state index is 0.147. The van der Waals surface area contributed by atoms with Gasteiger partial charge in [-0.15, -0.1) is 0 Å². The predicted octanol–water partition coefficient (Wildman–Crippen LogP) is 4.51. The van der Waals surface area contributed by atoms with Crippen LogP contribution < -0.4 is 10.2 Å². The van der Waals surface area contributed by atoms with E-state index in [-0.39, 0.29) is 5.54 Å². The average Bonchev–Trinajstić information content (AvgIpc) is 2.35. The van der Waals surface area contributed by atoms with Gasteiger partial charge in [0.05, 0.1) is 0 Å². The molecular weight excluding hydrogens is 244 g/mol. The maximum atomic E-state index is 3.60. The maximum absolute atomic E-state index is 3.60. The van der Waals surface area contributed by atoms with E-state index in [1.165, 1.54) is 29.7 Å². The van der Waals surface area contributed by atoms with Crippen molar-refractivity contribution in [1.29, 1.82) is 0 Å². The van der Waals surface area contributed by atoms with Gasteiger partial charge in [0.1, 0.15) is 0 Å². The molecule has 0 aliphatic heterocycles. The van der Waals surface area contributed by atoms with E-state index in [0.717, 1.165) is 6.54 Å². The van der Waals surface area contributed by atoms with Crippen LogP contribution in [-0.2, 0) is 6.54 Å². The zero-order valence-corrected chi connectivity index (χ0v) is 14.4. The van der Waals surface area contributed by atoms with Gasteiger partial charge in [-0.2, -0.15) is 0 Å². The Hall–Kier alpha value is -1.02. The van der Waals surface area contributed by atoms with Gasteiger partial charge in [-0.1, -0.05) is 31.0 Å². The Morgan fingerprint density at radius 2 is 1.90 bits per heavy atom. The summed E-state index contributed by atoms with van der Waals surface area (Å²) in [4.78, 5) is 2.42. The van der Waals surface area contributed by atoms with Crippen LogP contribution in [0.1, 0.15) is 58.6 Å². The van der Waals surface area contributed by atoms with Crippen LogP contribution in [0.2, 0.25) is 0 Å². The van der Waals surface area contributed by atoms with E-state index in [1.807, 2.05) is 0 Å². The Kier molecular flexibility index (Phi) is 6.07. The number of nitrogens with one attached hydrogen (secondary N) is 1. The van der Waals surface area contributed by atoms with Gasteiger partial charge < -0.3 is 10.2 Å². The third kappa shape index (κ3) is 5.16. The number of rotatable bonds is 6. The van der Waals surface area contributed by atoms with Crippen molar-refractivity contribution in [3.63, 3.8) is 0 Å². The van der Waals surface area contributed by atoms with Crippen molar-refractivity contribution in [2.75, 3.05) is 11.9 Å². The fourth-order valence-electron chi connectivity index (χ4n) is 2.41. The molecule has 0 saturated carbocycles. The number of aryl methyl sites for hydroxylation is 1. The highest BCUT2D eigenvalue weighted by atomic mass is 15.1. The quantitative estimate of drug-likeness (QED) is 0.822. The van der Waals surface area contributed by atoms with Gasteiger partial charge in [0.2, 0.25) is 0 Å². The van der Waals surface area contributed by atoms with Gasteiger partial charge in [0, 0.05) is 30.9 Å². The van der Waals surface area contributed by atoms with Gasteiger partial charge >= 0.3 is 0 Å². The fourth-order valence-corrected chi connectivity index (χ4v) is 2.41. The maximum Gasteiger partial charge on any atom is 0.0411 e. The molecule has 1 aromatic carbocycles. The predicted molar refractivity (Wildman–Crippen MR) is 90.5 cm³/mol. The zero-order valence-electron chi connectivity index (χ0n) is 14.4. The van der Waals surface area contributed by atoms with E-state index >= 15 is 0 Å². The minimum atomic E-state index is 0.147. The van der Waals surface area contributed by atoms with Crippen LogP contribution >= 0.6 is 0 Å². The summed E-state index contributed by atoms with van der Waals surface area (Å²) < 4.78 is 0. The molecule has 1 rings (SSSR count). The lowest BCUT2D eigenvalue weighted by Crippen LogP contribution is -2.36. The van der Waals surface area contributed by atoms with Crippen molar-refractivity contribution in [3.05, 3.63) is 29.3 Å². The normalized spacial score (nSPS) is 13.3. The van der Waals surface area contributed by atoms with Crippen LogP contribution in [0, 0.1) is 6.92 Å². The van der Waals surface area contributed by atoms with Gasteiger partial charge in [-0.05, 0) is 52.7 Å². The topological polar surface area (TPSA) is 15.3 Å². The Morgan fingerprint density at radius 1 is 1.25 bits per heavy atom. The monoisotopic (exact) mass is 276 g/mol. The lowest BCUT2D eigenvalue weighted by Gasteiger charge is -2.30. The first-order valence-corrected chi connectivity index (χ1v) is 7.82. The Morgan fingerprint density at radius 3 is 2.45 bits per heavy atom. The molecule has 20 heavy (non-hydrogen) atoms. The molecular formula is C18H32N2. The van der Waals surface area contributed by atoms with Crippen LogP contribution in [0.3, 0.4) is 0 Å². The van der Waals surface area contributed by atoms with E-state index in [1.54, 1.807) is 0 Å². The molecule has 0 radical (unpaired) electrons. The van der Waals surface area contributed by atoms with Crippen molar-refractivity contribution >= 4 is 5.69 Å². The average molecular weight is 276 g/mol. The molecule has 0 amide bonds. The molecule has 1 unspecified atom stereocenters. The highest BCUT2D eigenvalue weighted by Crippen LogP contribution is 2.24. The molecule has 0 spiro atoms. The molecule has 1 N–H and O–H groups in total. The van der Waals surface area contributed by atoms with Crippen LogP contribution in [0.15, 0.2) is 18.2 Å². The molecule has 1 atom stereocenters. The highest BCUT2D eigenvalue weighted by Gasteiger charge is 2.15. The number of nitrogens with zero attached hydrogens (tertiary/aromatic N) is 1. The summed E-state index contributed by atoms with van der Waals surface area (Å²) >= 11 is 0. The van der Waals surface area contributed by atoms with E-state index < -0.39 is 0 Å². The number of benzene rings is 1. The highest BCUT2D eigenvalue weighted by molar-refractivity contribution is 5.55. The molecule has 2 nitrogen and oxygen atoms in total. The van der Waals surface area contributed by atoms with Crippen molar-refractivity contribution in [3.8, 4) is 0 Å². The molecule has 0 aliphatic rings. The van der Waals surface area contributed by atoms with E-state index in [0.29, 0.717) is 6.04 Å². The molecule has 114 valence electrons. The second-order valence-corrected chi connectivity index (χ2v) is 6.98. The summed E-state index contributed by atoms with van der Waals surface area (Å²) in [5.74, 6) is 0. The molecule has 0 aromatic heterocycles. The first kappa shape index (κ1) is 17.0. The van der Waals surface area contributed by atoms with E-state index in [9.17, 15) is 0 Å². The summed E-state index contributed by atoms with van der Waals surface area (Å²) in [5, 5.41) is 3.60. The molecule has 0 heterocycles. The third-order valence-electron chi connectivity index (χ3n) is 3.79. The second-order valence-electron chi connectivity index (χ2n) is 6.98. The lowest BCUT2D eigenvalue weighted by atomic mass is 10.0. The van der Waals surface area contributed by atoms with Crippen LogP contribution in [0.5, 0.6) is 0 Å².